The zero-order valence-electron chi connectivity index (χ0n) is 11.0. The molecule has 0 aliphatic rings. The smallest absolute Gasteiger partial charge is 0.224 e. The van der Waals surface area contributed by atoms with Gasteiger partial charge in [0.2, 0.25) is 5.91 Å². The normalized spacial score (nSPS) is 14.9. The number of rotatable bonds is 8. The summed E-state index contributed by atoms with van der Waals surface area (Å²) in [5.74, 6) is 0.459. The van der Waals surface area contributed by atoms with Crippen molar-refractivity contribution in [2.75, 3.05) is 19.7 Å². The van der Waals surface area contributed by atoms with Gasteiger partial charge in [-0.15, -0.1) is 0 Å². The van der Waals surface area contributed by atoms with Crippen LogP contribution in [0.25, 0.3) is 0 Å². The molecular formula is C12H26N2O2. The zero-order chi connectivity index (χ0) is 12.6. The highest BCUT2D eigenvalue weighted by Crippen LogP contribution is 2.10. The first-order valence-corrected chi connectivity index (χ1v) is 6.10. The van der Waals surface area contributed by atoms with E-state index in [-0.39, 0.29) is 17.9 Å². The highest BCUT2D eigenvalue weighted by atomic mass is 16.5. The first kappa shape index (κ1) is 15.4. The minimum Gasteiger partial charge on any atom is -0.377 e. The molecule has 0 heterocycles. The maximum atomic E-state index is 11.8. The van der Waals surface area contributed by atoms with Gasteiger partial charge in [0, 0.05) is 19.7 Å². The van der Waals surface area contributed by atoms with Crippen LogP contribution in [0, 0.1) is 11.8 Å². The standard InChI is InChI=1S/C12H26N2O2/c1-5-16-10(4)8-14-12(15)11(7-13)6-9(2)3/h9-11H,5-8,13H2,1-4H3,(H,14,15). The van der Waals surface area contributed by atoms with Crippen molar-refractivity contribution in [1.82, 2.24) is 5.32 Å². The summed E-state index contributed by atoms with van der Waals surface area (Å²) >= 11 is 0. The quantitative estimate of drug-likeness (QED) is 0.657. The molecule has 0 aliphatic heterocycles. The predicted octanol–water partition coefficient (Wildman–Crippen LogP) is 1.15. The Morgan fingerprint density at radius 2 is 2.00 bits per heavy atom. The van der Waals surface area contributed by atoms with Gasteiger partial charge in [-0.1, -0.05) is 13.8 Å². The summed E-state index contributed by atoms with van der Waals surface area (Å²) in [5, 5.41) is 2.88. The maximum absolute atomic E-state index is 11.8. The molecule has 0 spiro atoms. The fourth-order valence-electron chi connectivity index (χ4n) is 1.61. The Morgan fingerprint density at radius 1 is 1.38 bits per heavy atom. The molecule has 0 radical (unpaired) electrons. The van der Waals surface area contributed by atoms with E-state index >= 15 is 0 Å². The highest BCUT2D eigenvalue weighted by Gasteiger charge is 2.18. The number of nitrogens with one attached hydrogen (secondary N) is 1. The van der Waals surface area contributed by atoms with E-state index in [4.69, 9.17) is 10.5 Å². The molecule has 0 bridgehead atoms. The first-order valence-electron chi connectivity index (χ1n) is 6.10. The van der Waals surface area contributed by atoms with Gasteiger partial charge >= 0.3 is 0 Å². The van der Waals surface area contributed by atoms with E-state index in [2.05, 4.69) is 19.2 Å². The van der Waals surface area contributed by atoms with Crippen molar-refractivity contribution in [2.45, 2.75) is 40.2 Å². The molecule has 96 valence electrons. The number of hydrogen-bond acceptors (Lipinski definition) is 3. The molecule has 0 aromatic rings. The SMILES string of the molecule is CCOC(C)CNC(=O)C(CN)CC(C)C. The monoisotopic (exact) mass is 230 g/mol. The summed E-state index contributed by atoms with van der Waals surface area (Å²) in [5.41, 5.74) is 5.59. The molecule has 16 heavy (non-hydrogen) atoms. The number of hydrogen-bond donors (Lipinski definition) is 2. The van der Waals surface area contributed by atoms with Crippen LogP contribution in [0.2, 0.25) is 0 Å². The van der Waals surface area contributed by atoms with Crippen LogP contribution in [0.1, 0.15) is 34.1 Å². The molecule has 0 aliphatic carbocycles. The number of carbonyl (C=O) groups excluding carboxylic acids is 1. The third kappa shape index (κ3) is 6.80. The van der Waals surface area contributed by atoms with Crippen LogP contribution < -0.4 is 11.1 Å². The summed E-state index contributed by atoms with van der Waals surface area (Å²) in [4.78, 5) is 11.8. The topological polar surface area (TPSA) is 64.3 Å². The largest absolute Gasteiger partial charge is 0.377 e. The van der Waals surface area contributed by atoms with Gasteiger partial charge in [0.05, 0.1) is 12.0 Å². The van der Waals surface area contributed by atoms with Crippen LogP contribution in [0.4, 0.5) is 0 Å². The lowest BCUT2D eigenvalue weighted by atomic mass is 9.96. The van der Waals surface area contributed by atoms with Crippen molar-refractivity contribution in [3.05, 3.63) is 0 Å². The second kappa shape index (κ2) is 8.53. The molecule has 4 heteroatoms. The van der Waals surface area contributed by atoms with Crippen molar-refractivity contribution in [3.63, 3.8) is 0 Å². The number of carbonyl (C=O) groups is 1. The van der Waals surface area contributed by atoms with Crippen molar-refractivity contribution in [2.24, 2.45) is 17.6 Å². The van der Waals surface area contributed by atoms with Crippen LogP contribution in [0.3, 0.4) is 0 Å². The molecule has 2 unspecified atom stereocenters. The Labute approximate surface area is 98.9 Å². The van der Waals surface area contributed by atoms with E-state index in [9.17, 15) is 4.79 Å². The molecule has 0 aromatic heterocycles. The molecule has 4 nitrogen and oxygen atoms in total. The van der Waals surface area contributed by atoms with Gasteiger partial charge in [-0.25, -0.2) is 0 Å². The maximum Gasteiger partial charge on any atom is 0.224 e. The molecule has 0 fully saturated rings. The third-order valence-corrected chi connectivity index (χ3v) is 2.43. The number of ether oxygens (including phenoxy) is 1. The lowest BCUT2D eigenvalue weighted by molar-refractivity contribution is -0.125. The van der Waals surface area contributed by atoms with Gasteiger partial charge in [-0.3, -0.25) is 4.79 Å². The van der Waals surface area contributed by atoms with E-state index in [1.165, 1.54) is 0 Å². The van der Waals surface area contributed by atoms with Crippen LogP contribution in [0.5, 0.6) is 0 Å². The predicted molar refractivity (Wildman–Crippen MR) is 66.1 cm³/mol. The van der Waals surface area contributed by atoms with Gasteiger partial charge in [0.25, 0.3) is 0 Å². The van der Waals surface area contributed by atoms with Crippen LogP contribution >= 0.6 is 0 Å². The molecular weight excluding hydrogens is 204 g/mol. The Morgan fingerprint density at radius 3 is 2.44 bits per heavy atom. The molecule has 0 aromatic carbocycles. The Bertz CT molecular complexity index is 195. The molecule has 3 N–H and O–H groups in total. The summed E-state index contributed by atoms with van der Waals surface area (Å²) in [6.45, 7) is 9.72. The molecule has 2 atom stereocenters. The van der Waals surface area contributed by atoms with Crippen molar-refractivity contribution in [3.8, 4) is 0 Å². The van der Waals surface area contributed by atoms with Crippen molar-refractivity contribution in [1.29, 1.82) is 0 Å². The number of nitrogens with two attached hydrogens (primary N) is 1. The highest BCUT2D eigenvalue weighted by molar-refractivity contribution is 5.78. The van der Waals surface area contributed by atoms with Gasteiger partial charge in [-0.2, -0.15) is 0 Å². The first-order chi connectivity index (χ1) is 7.51. The molecule has 0 rings (SSSR count). The summed E-state index contributed by atoms with van der Waals surface area (Å²) in [6.07, 6.45) is 0.900. The van der Waals surface area contributed by atoms with Gasteiger partial charge in [0.15, 0.2) is 0 Å². The van der Waals surface area contributed by atoms with E-state index in [0.29, 0.717) is 25.6 Å². The third-order valence-electron chi connectivity index (χ3n) is 2.43. The summed E-state index contributed by atoms with van der Waals surface area (Å²) in [6, 6.07) is 0. The van der Waals surface area contributed by atoms with E-state index in [1.807, 2.05) is 13.8 Å². The van der Waals surface area contributed by atoms with Gasteiger partial charge in [0.1, 0.15) is 0 Å². The molecule has 0 saturated heterocycles. The van der Waals surface area contributed by atoms with E-state index in [0.717, 1.165) is 6.42 Å². The average molecular weight is 230 g/mol. The van der Waals surface area contributed by atoms with E-state index in [1.54, 1.807) is 0 Å². The Kier molecular flexibility index (Phi) is 8.21. The molecule has 0 saturated carbocycles. The van der Waals surface area contributed by atoms with Crippen LogP contribution in [0.15, 0.2) is 0 Å². The number of amides is 1. The summed E-state index contributed by atoms with van der Waals surface area (Å²) < 4.78 is 5.34. The minimum absolute atomic E-state index is 0.0442. The van der Waals surface area contributed by atoms with Gasteiger partial charge in [-0.05, 0) is 26.2 Å². The summed E-state index contributed by atoms with van der Waals surface area (Å²) in [7, 11) is 0. The zero-order valence-corrected chi connectivity index (χ0v) is 11.0. The lowest BCUT2D eigenvalue weighted by Gasteiger charge is -2.18. The molecule has 1 amide bonds. The van der Waals surface area contributed by atoms with Crippen LogP contribution in [-0.2, 0) is 9.53 Å². The second-order valence-electron chi connectivity index (χ2n) is 4.57. The van der Waals surface area contributed by atoms with Crippen molar-refractivity contribution < 1.29 is 9.53 Å². The Hall–Kier alpha value is -0.610. The van der Waals surface area contributed by atoms with E-state index < -0.39 is 0 Å². The van der Waals surface area contributed by atoms with Crippen molar-refractivity contribution >= 4 is 5.91 Å². The fourth-order valence-corrected chi connectivity index (χ4v) is 1.61. The second-order valence-corrected chi connectivity index (χ2v) is 4.57. The lowest BCUT2D eigenvalue weighted by Crippen LogP contribution is -2.39. The van der Waals surface area contributed by atoms with Crippen LogP contribution in [-0.4, -0.2) is 31.7 Å². The average Bonchev–Trinajstić information content (AvgIpc) is 2.22. The minimum atomic E-state index is -0.0752. The van der Waals surface area contributed by atoms with Gasteiger partial charge < -0.3 is 15.8 Å². The Balaban J connectivity index is 3.92. The fraction of sp³-hybridized carbons (Fsp3) is 0.917.